The standard InChI is InChI=1S/C20H20ClN3O2/c21-17-4-2-1-3-13(17)5-6-19-22-11-15-12-24(8-7-18(15)23-19)16-9-14(10-16)20(25)26/h1-4,11,14,16,18H,7-10,12H2,(H2,22,23,25,26)/p-1. The molecule has 0 amide bonds. The first-order valence-electron chi connectivity index (χ1n) is 8.81. The molecule has 5 nitrogen and oxygen atoms in total. The van der Waals surface area contributed by atoms with Gasteiger partial charge in [-0.3, -0.25) is 9.69 Å². The molecule has 3 aliphatic rings. The summed E-state index contributed by atoms with van der Waals surface area (Å²) < 4.78 is 0. The van der Waals surface area contributed by atoms with Gasteiger partial charge in [-0.15, -0.1) is 0 Å². The van der Waals surface area contributed by atoms with Crippen molar-refractivity contribution in [2.75, 3.05) is 13.1 Å². The number of piperidine rings is 1. The van der Waals surface area contributed by atoms with Crippen LogP contribution in [0.25, 0.3) is 5.32 Å². The van der Waals surface area contributed by atoms with E-state index in [4.69, 9.17) is 16.7 Å². The number of carboxylic acid groups (broad SMARTS) is 1. The van der Waals surface area contributed by atoms with Gasteiger partial charge in [0.05, 0.1) is 10.9 Å². The van der Waals surface area contributed by atoms with Crippen LogP contribution in [0.5, 0.6) is 0 Å². The summed E-state index contributed by atoms with van der Waals surface area (Å²) in [6.07, 6.45) is 4.31. The molecule has 1 atom stereocenters. The molecule has 1 saturated carbocycles. The molecule has 0 aromatic heterocycles. The first-order chi connectivity index (χ1) is 12.6. The zero-order chi connectivity index (χ0) is 18.1. The van der Waals surface area contributed by atoms with Gasteiger partial charge in [0.15, 0.2) is 0 Å². The molecule has 1 unspecified atom stereocenters. The Bertz CT molecular complexity index is 846. The van der Waals surface area contributed by atoms with Crippen molar-refractivity contribution in [2.24, 2.45) is 10.9 Å². The Kier molecular flexibility index (Phi) is 4.71. The van der Waals surface area contributed by atoms with Crippen LogP contribution in [0.1, 0.15) is 24.8 Å². The van der Waals surface area contributed by atoms with Crippen molar-refractivity contribution in [2.45, 2.75) is 31.3 Å². The minimum atomic E-state index is -0.672. The molecule has 2 aliphatic heterocycles. The highest BCUT2D eigenvalue weighted by Gasteiger charge is 2.39. The van der Waals surface area contributed by atoms with Gasteiger partial charge in [0.2, 0.25) is 0 Å². The van der Waals surface area contributed by atoms with E-state index in [1.54, 1.807) is 0 Å². The molecule has 0 bridgehead atoms. The second-order valence-corrected chi connectivity index (χ2v) is 7.36. The summed E-state index contributed by atoms with van der Waals surface area (Å²) in [5.41, 5.74) is 1.97. The van der Waals surface area contributed by atoms with E-state index in [-0.39, 0.29) is 12.0 Å². The number of rotatable bonds is 2. The SMILES string of the molecule is O=C(O)C1CC(N2CCC3[N-]C(C#Cc4ccccc4Cl)=NC=C3C2)C1. The quantitative estimate of drug-likeness (QED) is 0.814. The summed E-state index contributed by atoms with van der Waals surface area (Å²) >= 11 is 6.12. The highest BCUT2D eigenvalue weighted by molar-refractivity contribution is 6.31. The van der Waals surface area contributed by atoms with Crippen LogP contribution in [0.15, 0.2) is 41.0 Å². The van der Waals surface area contributed by atoms with Gasteiger partial charge in [0.25, 0.3) is 0 Å². The lowest BCUT2D eigenvalue weighted by molar-refractivity contribution is -0.147. The number of hydrogen-bond acceptors (Lipinski definition) is 3. The van der Waals surface area contributed by atoms with E-state index in [1.165, 1.54) is 5.57 Å². The summed E-state index contributed by atoms with van der Waals surface area (Å²) in [5.74, 6) is 5.75. The maximum atomic E-state index is 11.0. The zero-order valence-corrected chi connectivity index (χ0v) is 15.0. The topological polar surface area (TPSA) is 67.0 Å². The number of fused-ring (bicyclic) bond motifs is 1. The Morgan fingerprint density at radius 2 is 2.12 bits per heavy atom. The first kappa shape index (κ1) is 17.1. The van der Waals surface area contributed by atoms with Crippen LogP contribution in [0.4, 0.5) is 0 Å². The number of amidine groups is 1. The van der Waals surface area contributed by atoms with Crippen LogP contribution in [0.2, 0.25) is 5.02 Å². The second-order valence-electron chi connectivity index (χ2n) is 6.95. The Morgan fingerprint density at radius 1 is 1.31 bits per heavy atom. The normalized spacial score (nSPS) is 27.7. The van der Waals surface area contributed by atoms with Crippen molar-refractivity contribution in [1.82, 2.24) is 4.90 Å². The van der Waals surface area contributed by atoms with Crippen molar-refractivity contribution in [3.8, 4) is 11.8 Å². The number of nitrogens with zero attached hydrogens (tertiary/aromatic N) is 3. The summed E-state index contributed by atoms with van der Waals surface area (Å²) in [6.45, 7) is 1.76. The van der Waals surface area contributed by atoms with E-state index >= 15 is 0 Å². The van der Waals surface area contributed by atoms with Crippen LogP contribution in [0.3, 0.4) is 0 Å². The molecular weight excluding hydrogens is 350 g/mol. The molecule has 1 aliphatic carbocycles. The van der Waals surface area contributed by atoms with Gasteiger partial charge in [-0.2, -0.15) is 0 Å². The number of halogens is 1. The highest BCUT2D eigenvalue weighted by atomic mass is 35.5. The summed E-state index contributed by atoms with van der Waals surface area (Å²) in [4.78, 5) is 17.7. The smallest absolute Gasteiger partial charge is 0.306 e. The number of likely N-dealkylation sites (tertiary alicyclic amines) is 1. The maximum Gasteiger partial charge on any atom is 0.306 e. The van der Waals surface area contributed by atoms with Crippen molar-refractivity contribution >= 4 is 23.4 Å². The zero-order valence-electron chi connectivity index (χ0n) is 14.2. The number of benzene rings is 1. The first-order valence-corrected chi connectivity index (χ1v) is 9.19. The average Bonchev–Trinajstić information content (AvgIpc) is 2.59. The second kappa shape index (κ2) is 7.14. The van der Waals surface area contributed by atoms with Crippen molar-refractivity contribution in [3.63, 3.8) is 0 Å². The molecule has 1 saturated heterocycles. The molecular formula is C20H19ClN3O2-. The van der Waals surface area contributed by atoms with Gasteiger partial charge < -0.3 is 15.4 Å². The number of carbonyl (C=O) groups is 1. The van der Waals surface area contributed by atoms with E-state index in [2.05, 4.69) is 27.0 Å². The molecule has 6 heteroatoms. The average molecular weight is 369 g/mol. The van der Waals surface area contributed by atoms with Gasteiger partial charge in [-0.25, -0.2) is 0 Å². The third-order valence-electron chi connectivity index (χ3n) is 5.30. The van der Waals surface area contributed by atoms with E-state index in [0.717, 1.165) is 37.9 Å². The molecule has 0 radical (unpaired) electrons. The maximum absolute atomic E-state index is 11.0. The largest absolute Gasteiger partial charge is 0.481 e. The number of carboxylic acids is 1. The minimum Gasteiger partial charge on any atom is -0.481 e. The molecule has 2 fully saturated rings. The van der Waals surface area contributed by atoms with E-state index in [9.17, 15) is 4.79 Å². The van der Waals surface area contributed by atoms with Gasteiger partial charge in [-0.05, 0) is 49.8 Å². The molecule has 134 valence electrons. The van der Waals surface area contributed by atoms with Crippen molar-refractivity contribution in [1.29, 1.82) is 0 Å². The Labute approximate surface area is 157 Å². The third kappa shape index (κ3) is 3.48. The van der Waals surface area contributed by atoms with Crippen LogP contribution in [-0.4, -0.2) is 47.0 Å². The van der Waals surface area contributed by atoms with Gasteiger partial charge in [0.1, 0.15) is 0 Å². The Morgan fingerprint density at radius 3 is 2.88 bits per heavy atom. The molecule has 2 heterocycles. The minimum absolute atomic E-state index is 0.134. The van der Waals surface area contributed by atoms with Gasteiger partial charge >= 0.3 is 5.97 Å². The molecule has 1 N–H and O–H groups in total. The van der Waals surface area contributed by atoms with E-state index in [1.807, 2.05) is 30.5 Å². The van der Waals surface area contributed by atoms with Crippen LogP contribution in [-0.2, 0) is 4.79 Å². The lowest BCUT2D eigenvalue weighted by Gasteiger charge is -2.47. The fraction of sp³-hybridized carbons (Fsp3) is 0.400. The van der Waals surface area contributed by atoms with E-state index < -0.39 is 5.97 Å². The number of aliphatic imine (C=N–C) groups is 1. The van der Waals surface area contributed by atoms with Crippen LogP contribution in [0, 0.1) is 17.8 Å². The van der Waals surface area contributed by atoms with Crippen LogP contribution >= 0.6 is 11.6 Å². The number of hydrogen-bond donors (Lipinski definition) is 1. The fourth-order valence-corrected chi connectivity index (χ4v) is 3.82. The molecule has 0 spiro atoms. The predicted molar refractivity (Wildman–Crippen MR) is 101 cm³/mol. The van der Waals surface area contributed by atoms with Crippen LogP contribution < -0.4 is 0 Å². The molecule has 1 aromatic rings. The van der Waals surface area contributed by atoms with Crippen molar-refractivity contribution < 1.29 is 9.90 Å². The fourth-order valence-electron chi connectivity index (χ4n) is 3.64. The third-order valence-corrected chi connectivity index (χ3v) is 5.63. The van der Waals surface area contributed by atoms with E-state index in [0.29, 0.717) is 16.9 Å². The Hall–Kier alpha value is -2.29. The predicted octanol–water partition coefficient (Wildman–Crippen LogP) is 3.30. The van der Waals surface area contributed by atoms with Crippen molar-refractivity contribution in [3.05, 3.63) is 51.9 Å². The highest BCUT2D eigenvalue weighted by Crippen LogP contribution is 2.36. The number of aliphatic carboxylic acids is 1. The molecule has 26 heavy (non-hydrogen) atoms. The monoisotopic (exact) mass is 368 g/mol. The van der Waals surface area contributed by atoms with Gasteiger partial charge in [0, 0.05) is 18.2 Å². The lowest BCUT2D eigenvalue weighted by Crippen LogP contribution is -2.51. The molecule has 1 aromatic carbocycles. The lowest BCUT2D eigenvalue weighted by atomic mass is 9.78. The summed E-state index contributed by atoms with van der Waals surface area (Å²) in [7, 11) is 0. The Balaban J connectivity index is 1.41. The summed E-state index contributed by atoms with van der Waals surface area (Å²) in [5, 5.41) is 14.3. The van der Waals surface area contributed by atoms with Gasteiger partial charge in [-0.1, -0.05) is 47.3 Å². The summed E-state index contributed by atoms with van der Waals surface area (Å²) in [6, 6.07) is 7.98. The molecule has 4 rings (SSSR count).